The molecule has 0 spiro atoms. The molecular formula is C14H11BrCl2FN. The van der Waals surface area contributed by atoms with Crippen LogP contribution in [0.3, 0.4) is 0 Å². The highest BCUT2D eigenvalue weighted by Crippen LogP contribution is 2.33. The largest absolute Gasteiger partial charge is 0.320 e. The van der Waals surface area contributed by atoms with Crippen molar-refractivity contribution in [1.29, 1.82) is 0 Å². The summed E-state index contributed by atoms with van der Waals surface area (Å²) in [5, 5.41) is 0.842. The van der Waals surface area contributed by atoms with Gasteiger partial charge in [-0.1, -0.05) is 45.2 Å². The van der Waals surface area contributed by atoms with Gasteiger partial charge in [-0.2, -0.15) is 0 Å². The van der Waals surface area contributed by atoms with Crippen molar-refractivity contribution in [3.8, 4) is 0 Å². The van der Waals surface area contributed by atoms with Crippen LogP contribution in [0.4, 0.5) is 4.39 Å². The third kappa shape index (κ3) is 3.11. The first kappa shape index (κ1) is 14.8. The fraction of sp³-hybridized carbons (Fsp3) is 0.143. The van der Waals surface area contributed by atoms with Crippen molar-refractivity contribution < 1.29 is 4.39 Å². The van der Waals surface area contributed by atoms with Gasteiger partial charge in [0.2, 0.25) is 0 Å². The van der Waals surface area contributed by atoms with E-state index in [0.29, 0.717) is 21.2 Å². The molecule has 0 radical (unpaired) electrons. The molecule has 2 aromatic carbocycles. The Morgan fingerprint density at radius 2 is 1.74 bits per heavy atom. The lowest BCUT2D eigenvalue weighted by atomic mass is 9.98. The van der Waals surface area contributed by atoms with Gasteiger partial charge in [-0.25, -0.2) is 4.39 Å². The fourth-order valence-electron chi connectivity index (χ4n) is 1.84. The summed E-state index contributed by atoms with van der Waals surface area (Å²) in [5.41, 5.74) is 8.09. The maximum absolute atomic E-state index is 13.4. The molecule has 1 nitrogen and oxygen atoms in total. The number of rotatable bonds is 2. The quantitative estimate of drug-likeness (QED) is 0.775. The van der Waals surface area contributed by atoms with Crippen molar-refractivity contribution >= 4 is 39.1 Å². The number of halogens is 4. The molecule has 19 heavy (non-hydrogen) atoms. The standard InChI is InChI=1S/C14H11BrCl2FN/c1-7-4-10(12(17)6-13(7)18)14(19)9-3-2-8(15)5-11(9)16/h2-6,14H,19H2,1H3. The van der Waals surface area contributed by atoms with Gasteiger partial charge in [0.15, 0.2) is 0 Å². The number of aryl methyl sites for hydroxylation is 1. The molecule has 0 aliphatic heterocycles. The number of nitrogens with two attached hydrogens (primary N) is 1. The van der Waals surface area contributed by atoms with Crippen LogP contribution in [0, 0.1) is 12.7 Å². The van der Waals surface area contributed by atoms with Gasteiger partial charge < -0.3 is 5.73 Å². The molecule has 1 unspecified atom stereocenters. The third-order valence-electron chi connectivity index (χ3n) is 2.91. The SMILES string of the molecule is Cc1cc(C(N)c2ccc(Br)cc2Cl)c(Cl)cc1F. The summed E-state index contributed by atoms with van der Waals surface area (Å²) in [6.07, 6.45) is 0. The van der Waals surface area contributed by atoms with Crippen molar-refractivity contribution in [3.05, 3.63) is 67.4 Å². The normalized spacial score (nSPS) is 12.5. The first-order valence-electron chi connectivity index (χ1n) is 5.56. The van der Waals surface area contributed by atoms with Gasteiger partial charge in [0, 0.05) is 14.5 Å². The molecule has 2 N–H and O–H groups in total. The van der Waals surface area contributed by atoms with E-state index < -0.39 is 6.04 Å². The average Bonchev–Trinajstić information content (AvgIpc) is 2.33. The third-order valence-corrected chi connectivity index (χ3v) is 4.06. The van der Waals surface area contributed by atoms with Crippen molar-refractivity contribution in [1.82, 2.24) is 0 Å². The van der Waals surface area contributed by atoms with Crippen LogP contribution in [0.25, 0.3) is 0 Å². The van der Waals surface area contributed by atoms with Crippen LogP contribution in [-0.2, 0) is 0 Å². The lowest BCUT2D eigenvalue weighted by molar-refractivity contribution is 0.617. The number of hydrogen-bond acceptors (Lipinski definition) is 1. The van der Waals surface area contributed by atoms with Crippen LogP contribution in [0.2, 0.25) is 10.0 Å². The molecule has 1 atom stereocenters. The van der Waals surface area contributed by atoms with Crippen LogP contribution in [0.1, 0.15) is 22.7 Å². The molecule has 0 saturated heterocycles. The first-order chi connectivity index (χ1) is 8.90. The monoisotopic (exact) mass is 361 g/mol. The second kappa shape index (κ2) is 5.80. The van der Waals surface area contributed by atoms with E-state index in [1.54, 1.807) is 19.1 Å². The Morgan fingerprint density at radius 3 is 2.37 bits per heavy atom. The van der Waals surface area contributed by atoms with Gasteiger partial charge in [-0.05, 0) is 47.9 Å². The Morgan fingerprint density at radius 1 is 1.11 bits per heavy atom. The summed E-state index contributed by atoms with van der Waals surface area (Å²) in [6, 6.07) is 7.88. The van der Waals surface area contributed by atoms with Crippen LogP contribution in [-0.4, -0.2) is 0 Å². The molecule has 2 rings (SSSR count). The summed E-state index contributed by atoms with van der Waals surface area (Å²) in [7, 11) is 0. The van der Waals surface area contributed by atoms with Crippen molar-refractivity contribution in [2.75, 3.05) is 0 Å². The average molecular weight is 363 g/mol. The summed E-state index contributed by atoms with van der Waals surface area (Å²) >= 11 is 15.6. The molecule has 0 saturated carbocycles. The molecule has 5 heteroatoms. The summed E-state index contributed by atoms with van der Waals surface area (Å²) in [6.45, 7) is 1.67. The van der Waals surface area contributed by atoms with E-state index in [2.05, 4.69) is 15.9 Å². The van der Waals surface area contributed by atoms with Crippen LogP contribution in [0.15, 0.2) is 34.8 Å². The highest BCUT2D eigenvalue weighted by atomic mass is 79.9. The zero-order valence-corrected chi connectivity index (χ0v) is 13.2. The van der Waals surface area contributed by atoms with E-state index >= 15 is 0 Å². The number of benzene rings is 2. The van der Waals surface area contributed by atoms with E-state index in [0.717, 1.165) is 10.0 Å². The molecule has 0 amide bonds. The minimum Gasteiger partial charge on any atom is -0.320 e. The van der Waals surface area contributed by atoms with Gasteiger partial charge in [-0.3, -0.25) is 0 Å². The number of hydrogen-bond donors (Lipinski definition) is 1. The summed E-state index contributed by atoms with van der Waals surface area (Å²) in [4.78, 5) is 0. The molecule has 0 aliphatic rings. The van der Waals surface area contributed by atoms with Gasteiger partial charge in [0.1, 0.15) is 5.82 Å². The molecule has 0 heterocycles. The fourth-order valence-corrected chi connectivity index (χ4v) is 2.90. The van der Waals surface area contributed by atoms with E-state index in [4.69, 9.17) is 28.9 Å². The summed E-state index contributed by atoms with van der Waals surface area (Å²) < 4.78 is 14.3. The predicted octanol–water partition coefficient (Wildman–Crippen LogP) is 5.25. The smallest absolute Gasteiger partial charge is 0.127 e. The topological polar surface area (TPSA) is 26.0 Å². The zero-order valence-electron chi connectivity index (χ0n) is 10.1. The lowest BCUT2D eigenvalue weighted by Crippen LogP contribution is -2.13. The Labute approximate surface area is 129 Å². The highest BCUT2D eigenvalue weighted by Gasteiger charge is 2.17. The van der Waals surface area contributed by atoms with Crippen LogP contribution in [0.5, 0.6) is 0 Å². The first-order valence-corrected chi connectivity index (χ1v) is 7.11. The van der Waals surface area contributed by atoms with E-state index in [1.807, 2.05) is 12.1 Å². The van der Waals surface area contributed by atoms with Gasteiger partial charge in [0.05, 0.1) is 6.04 Å². The van der Waals surface area contributed by atoms with Gasteiger partial charge >= 0.3 is 0 Å². The molecule has 100 valence electrons. The van der Waals surface area contributed by atoms with E-state index in [1.165, 1.54) is 6.07 Å². The maximum Gasteiger partial charge on any atom is 0.127 e. The molecule has 0 aliphatic carbocycles. The zero-order chi connectivity index (χ0) is 14.2. The second-order valence-electron chi connectivity index (χ2n) is 4.27. The molecule has 0 aromatic heterocycles. The van der Waals surface area contributed by atoms with Crippen LogP contribution < -0.4 is 5.73 Å². The van der Waals surface area contributed by atoms with Gasteiger partial charge in [-0.15, -0.1) is 0 Å². The maximum atomic E-state index is 13.4. The predicted molar refractivity (Wildman–Crippen MR) is 81.3 cm³/mol. The van der Waals surface area contributed by atoms with E-state index in [9.17, 15) is 4.39 Å². The molecule has 0 fully saturated rings. The highest BCUT2D eigenvalue weighted by molar-refractivity contribution is 9.10. The van der Waals surface area contributed by atoms with E-state index in [-0.39, 0.29) is 5.82 Å². The Hall–Kier alpha value is -0.610. The minimum absolute atomic E-state index is 0.301. The lowest BCUT2D eigenvalue weighted by Gasteiger charge is -2.17. The molecule has 0 bridgehead atoms. The molecule has 2 aromatic rings. The Balaban J connectivity index is 2.49. The molecular weight excluding hydrogens is 352 g/mol. The van der Waals surface area contributed by atoms with Gasteiger partial charge in [0.25, 0.3) is 0 Å². The van der Waals surface area contributed by atoms with Crippen molar-refractivity contribution in [2.45, 2.75) is 13.0 Å². The van der Waals surface area contributed by atoms with Crippen LogP contribution >= 0.6 is 39.1 Å². The van der Waals surface area contributed by atoms with Crippen molar-refractivity contribution in [2.24, 2.45) is 5.73 Å². The Bertz CT molecular complexity index is 631. The minimum atomic E-state index is -0.493. The van der Waals surface area contributed by atoms with Crippen molar-refractivity contribution in [3.63, 3.8) is 0 Å². The Kier molecular flexibility index (Phi) is 4.51. The second-order valence-corrected chi connectivity index (χ2v) is 6.00. The summed E-state index contributed by atoms with van der Waals surface area (Å²) in [5.74, 6) is -0.345.